The van der Waals surface area contributed by atoms with Crippen molar-refractivity contribution in [2.45, 2.75) is 39.2 Å². The van der Waals surface area contributed by atoms with Crippen LogP contribution in [0.1, 0.15) is 44.4 Å². The molecule has 14 heavy (non-hydrogen) atoms. The Bertz CT molecular complexity index is 304. The van der Waals surface area contributed by atoms with Crippen molar-refractivity contribution in [2.24, 2.45) is 17.6 Å². The zero-order valence-electron chi connectivity index (χ0n) is 8.73. The standard InChI is InChI=1S/C10H17N3O/c1-6(2)9(11)10-12-8(13-14-10)5-7-3-4-7/h6-7,9H,3-5,11H2,1-2H3. The molecule has 0 saturated heterocycles. The lowest BCUT2D eigenvalue weighted by Gasteiger charge is -2.09. The SMILES string of the molecule is CC(C)C(N)c1nc(CC2CC2)no1. The molecule has 1 heterocycles. The number of nitrogens with two attached hydrogens (primary N) is 1. The summed E-state index contributed by atoms with van der Waals surface area (Å²) >= 11 is 0. The number of hydrogen-bond donors (Lipinski definition) is 1. The molecule has 2 rings (SSSR count). The van der Waals surface area contributed by atoms with E-state index in [1.54, 1.807) is 0 Å². The molecule has 1 atom stereocenters. The largest absolute Gasteiger partial charge is 0.338 e. The van der Waals surface area contributed by atoms with Crippen LogP contribution in [-0.2, 0) is 6.42 Å². The summed E-state index contributed by atoms with van der Waals surface area (Å²) in [7, 11) is 0. The third-order valence-corrected chi connectivity index (χ3v) is 2.66. The molecule has 0 spiro atoms. The Morgan fingerprint density at radius 1 is 1.50 bits per heavy atom. The molecule has 1 aromatic heterocycles. The minimum atomic E-state index is -0.129. The smallest absolute Gasteiger partial charge is 0.243 e. The van der Waals surface area contributed by atoms with Gasteiger partial charge >= 0.3 is 0 Å². The first kappa shape index (κ1) is 9.65. The third-order valence-electron chi connectivity index (χ3n) is 2.66. The monoisotopic (exact) mass is 195 g/mol. The quantitative estimate of drug-likeness (QED) is 0.793. The summed E-state index contributed by atoms with van der Waals surface area (Å²) in [6, 6.07) is -0.129. The van der Waals surface area contributed by atoms with Gasteiger partial charge in [0.1, 0.15) is 0 Å². The van der Waals surface area contributed by atoms with Gasteiger partial charge in [0.15, 0.2) is 5.82 Å². The van der Waals surface area contributed by atoms with E-state index < -0.39 is 0 Å². The van der Waals surface area contributed by atoms with E-state index in [1.807, 2.05) is 0 Å². The summed E-state index contributed by atoms with van der Waals surface area (Å²) < 4.78 is 5.13. The molecule has 0 amide bonds. The van der Waals surface area contributed by atoms with E-state index in [1.165, 1.54) is 12.8 Å². The molecular weight excluding hydrogens is 178 g/mol. The van der Waals surface area contributed by atoms with Gasteiger partial charge in [0.05, 0.1) is 6.04 Å². The molecule has 1 saturated carbocycles. The lowest BCUT2D eigenvalue weighted by atomic mass is 10.1. The van der Waals surface area contributed by atoms with E-state index in [4.69, 9.17) is 10.3 Å². The van der Waals surface area contributed by atoms with Crippen LogP contribution in [0, 0.1) is 11.8 Å². The zero-order chi connectivity index (χ0) is 10.1. The maximum Gasteiger partial charge on any atom is 0.243 e. The van der Waals surface area contributed by atoms with Gasteiger partial charge in [-0.15, -0.1) is 0 Å². The Labute approximate surface area is 83.9 Å². The Morgan fingerprint density at radius 2 is 2.21 bits per heavy atom. The molecule has 2 N–H and O–H groups in total. The van der Waals surface area contributed by atoms with Gasteiger partial charge in [0.2, 0.25) is 5.89 Å². The van der Waals surface area contributed by atoms with Crippen LogP contribution in [0.15, 0.2) is 4.52 Å². The number of hydrogen-bond acceptors (Lipinski definition) is 4. The zero-order valence-corrected chi connectivity index (χ0v) is 8.73. The van der Waals surface area contributed by atoms with E-state index in [-0.39, 0.29) is 6.04 Å². The van der Waals surface area contributed by atoms with Crippen LogP contribution in [0.2, 0.25) is 0 Å². The summed E-state index contributed by atoms with van der Waals surface area (Å²) in [5, 5.41) is 3.93. The highest BCUT2D eigenvalue weighted by Gasteiger charge is 2.25. The van der Waals surface area contributed by atoms with Crippen LogP contribution in [0.25, 0.3) is 0 Å². The van der Waals surface area contributed by atoms with Gasteiger partial charge < -0.3 is 10.3 Å². The van der Waals surface area contributed by atoms with Crippen molar-refractivity contribution in [1.29, 1.82) is 0 Å². The topological polar surface area (TPSA) is 64.9 Å². The molecule has 0 aromatic carbocycles. The van der Waals surface area contributed by atoms with Crippen LogP contribution in [0.3, 0.4) is 0 Å². The van der Waals surface area contributed by atoms with Crippen LogP contribution in [0.5, 0.6) is 0 Å². The van der Waals surface area contributed by atoms with Gasteiger partial charge in [-0.05, 0) is 24.7 Å². The summed E-state index contributed by atoms with van der Waals surface area (Å²) in [4.78, 5) is 4.31. The van der Waals surface area contributed by atoms with Crippen LogP contribution in [-0.4, -0.2) is 10.1 Å². The molecule has 0 radical (unpaired) electrons. The second-order valence-corrected chi connectivity index (χ2v) is 4.47. The first-order chi connectivity index (χ1) is 6.66. The van der Waals surface area contributed by atoms with Gasteiger partial charge in [-0.25, -0.2) is 0 Å². The van der Waals surface area contributed by atoms with Gasteiger partial charge in [-0.2, -0.15) is 4.98 Å². The highest BCUT2D eigenvalue weighted by molar-refractivity contribution is 4.95. The Morgan fingerprint density at radius 3 is 2.79 bits per heavy atom. The van der Waals surface area contributed by atoms with Gasteiger partial charge in [0, 0.05) is 6.42 Å². The van der Waals surface area contributed by atoms with Crippen molar-refractivity contribution in [1.82, 2.24) is 10.1 Å². The third kappa shape index (κ3) is 2.12. The molecule has 1 aromatic rings. The van der Waals surface area contributed by atoms with Gasteiger partial charge in [0.25, 0.3) is 0 Å². The van der Waals surface area contributed by atoms with Crippen LogP contribution < -0.4 is 5.73 Å². The van der Waals surface area contributed by atoms with E-state index in [0.29, 0.717) is 11.8 Å². The molecule has 0 bridgehead atoms. The maximum absolute atomic E-state index is 5.90. The molecule has 1 aliphatic rings. The van der Waals surface area contributed by atoms with Crippen molar-refractivity contribution >= 4 is 0 Å². The highest BCUT2D eigenvalue weighted by Crippen LogP contribution is 2.32. The predicted octanol–water partition coefficient (Wildman–Crippen LogP) is 1.68. The van der Waals surface area contributed by atoms with E-state index >= 15 is 0 Å². The average molecular weight is 195 g/mol. The Hall–Kier alpha value is -0.900. The molecule has 1 unspecified atom stereocenters. The fourth-order valence-corrected chi connectivity index (χ4v) is 1.35. The number of nitrogens with zero attached hydrogens (tertiary/aromatic N) is 2. The van der Waals surface area contributed by atoms with Crippen molar-refractivity contribution in [2.75, 3.05) is 0 Å². The van der Waals surface area contributed by atoms with Crippen molar-refractivity contribution in [3.8, 4) is 0 Å². The normalized spacial score (nSPS) is 18.9. The lowest BCUT2D eigenvalue weighted by Crippen LogP contribution is -2.17. The van der Waals surface area contributed by atoms with Crippen molar-refractivity contribution in [3.05, 3.63) is 11.7 Å². The van der Waals surface area contributed by atoms with Gasteiger partial charge in [-0.3, -0.25) is 0 Å². The summed E-state index contributed by atoms with van der Waals surface area (Å²) in [6.07, 6.45) is 3.56. The van der Waals surface area contributed by atoms with Gasteiger partial charge in [-0.1, -0.05) is 19.0 Å². The first-order valence-electron chi connectivity index (χ1n) is 5.25. The average Bonchev–Trinajstić information content (AvgIpc) is 2.81. The highest BCUT2D eigenvalue weighted by atomic mass is 16.5. The van der Waals surface area contributed by atoms with Crippen molar-refractivity contribution < 1.29 is 4.52 Å². The maximum atomic E-state index is 5.90. The van der Waals surface area contributed by atoms with Crippen molar-refractivity contribution in [3.63, 3.8) is 0 Å². The molecular formula is C10H17N3O. The Balaban J connectivity index is 2.00. The van der Waals surface area contributed by atoms with E-state index in [2.05, 4.69) is 24.0 Å². The van der Waals surface area contributed by atoms with Crippen LogP contribution >= 0.6 is 0 Å². The molecule has 78 valence electrons. The fourth-order valence-electron chi connectivity index (χ4n) is 1.35. The minimum Gasteiger partial charge on any atom is -0.338 e. The first-order valence-corrected chi connectivity index (χ1v) is 5.25. The molecule has 0 aliphatic heterocycles. The number of aromatic nitrogens is 2. The Kier molecular flexibility index (Phi) is 2.54. The second kappa shape index (κ2) is 3.69. The molecule has 1 fully saturated rings. The lowest BCUT2D eigenvalue weighted by molar-refractivity contribution is 0.322. The van der Waals surface area contributed by atoms with E-state index in [0.717, 1.165) is 18.2 Å². The minimum absolute atomic E-state index is 0.129. The summed E-state index contributed by atoms with van der Waals surface area (Å²) in [6.45, 7) is 4.10. The summed E-state index contributed by atoms with van der Waals surface area (Å²) in [5.74, 6) is 2.52. The second-order valence-electron chi connectivity index (χ2n) is 4.47. The predicted molar refractivity (Wildman–Crippen MR) is 52.5 cm³/mol. The summed E-state index contributed by atoms with van der Waals surface area (Å²) in [5.41, 5.74) is 5.90. The van der Waals surface area contributed by atoms with E-state index in [9.17, 15) is 0 Å². The molecule has 4 heteroatoms. The number of rotatable bonds is 4. The van der Waals surface area contributed by atoms with Crippen LogP contribution in [0.4, 0.5) is 0 Å². The molecule has 1 aliphatic carbocycles. The fraction of sp³-hybridized carbons (Fsp3) is 0.800. The molecule has 4 nitrogen and oxygen atoms in total.